The smallest absolute Gasteiger partial charge is 0.255 e. The van der Waals surface area contributed by atoms with E-state index in [9.17, 15) is 9.90 Å². The molecule has 94 valence electrons. The van der Waals surface area contributed by atoms with E-state index in [0.29, 0.717) is 0 Å². The molecular formula is C12H13N3O3. The molecule has 0 aliphatic heterocycles. The number of amides is 1. The van der Waals surface area contributed by atoms with Crippen molar-refractivity contribution in [2.45, 2.75) is 6.54 Å². The topological polar surface area (TPSA) is 87.4 Å². The fraction of sp³-hybridized carbons (Fsp3) is 0.167. The third kappa shape index (κ3) is 2.60. The minimum atomic E-state index is -0.418. The molecular weight excluding hydrogens is 234 g/mol. The average molecular weight is 247 g/mol. The first-order valence-electron chi connectivity index (χ1n) is 5.35. The molecule has 6 nitrogen and oxygen atoms in total. The number of hydrogen-bond donors (Lipinski definition) is 3. The van der Waals surface area contributed by atoms with Crippen LogP contribution in [0.25, 0.3) is 0 Å². The van der Waals surface area contributed by atoms with Gasteiger partial charge in [-0.25, -0.2) is 0 Å². The van der Waals surface area contributed by atoms with E-state index < -0.39 is 5.91 Å². The lowest BCUT2D eigenvalue weighted by Crippen LogP contribution is -2.23. The van der Waals surface area contributed by atoms with Crippen molar-refractivity contribution in [3.05, 3.63) is 41.7 Å². The van der Waals surface area contributed by atoms with E-state index in [-0.39, 0.29) is 23.6 Å². The Hall–Kier alpha value is -2.50. The van der Waals surface area contributed by atoms with Crippen molar-refractivity contribution in [1.29, 1.82) is 0 Å². The van der Waals surface area contributed by atoms with Crippen molar-refractivity contribution in [2.24, 2.45) is 7.05 Å². The fourth-order valence-electron chi connectivity index (χ4n) is 1.54. The third-order valence-electron chi connectivity index (χ3n) is 2.42. The van der Waals surface area contributed by atoms with Crippen LogP contribution in [0.2, 0.25) is 0 Å². The summed E-state index contributed by atoms with van der Waals surface area (Å²) in [6, 6.07) is 5.61. The van der Waals surface area contributed by atoms with Gasteiger partial charge in [0.1, 0.15) is 11.5 Å². The molecule has 3 N–H and O–H groups in total. The van der Waals surface area contributed by atoms with Crippen molar-refractivity contribution < 1.29 is 15.0 Å². The Balaban J connectivity index is 2.03. The lowest BCUT2D eigenvalue weighted by atomic mass is 10.2. The number of aromatic hydroxyl groups is 2. The number of aryl methyl sites for hydroxylation is 1. The van der Waals surface area contributed by atoms with Crippen LogP contribution in [0.5, 0.6) is 11.5 Å². The van der Waals surface area contributed by atoms with Crippen molar-refractivity contribution in [3.63, 3.8) is 0 Å². The zero-order valence-corrected chi connectivity index (χ0v) is 9.79. The summed E-state index contributed by atoms with van der Waals surface area (Å²) < 4.78 is 1.64. The van der Waals surface area contributed by atoms with Gasteiger partial charge >= 0.3 is 0 Å². The molecule has 0 fully saturated rings. The van der Waals surface area contributed by atoms with Gasteiger partial charge in [0.15, 0.2) is 0 Å². The summed E-state index contributed by atoms with van der Waals surface area (Å²) >= 11 is 0. The molecule has 0 atom stereocenters. The summed E-state index contributed by atoms with van der Waals surface area (Å²) in [6.07, 6.45) is 1.78. The van der Waals surface area contributed by atoms with E-state index in [1.165, 1.54) is 12.1 Å². The predicted octanol–water partition coefficient (Wildman–Crippen LogP) is 0.761. The van der Waals surface area contributed by atoms with Gasteiger partial charge in [-0.05, 0) is 18.2 Å². The van der Waals surface area contributed by atoms with Gasteiger partial charge in [0.25, 0.3) is 5.91 Å². The number of rotatable bonds is 3. The monoisotopic (exact) mass is 247 g/mol. The number of phenols is 2. The van der Waals surface area contributed by atoms with E-state index in [0.717, 1.165) is 11.8 Å². The highest BCUT2D eigenvalue weighted by Crippen LogP contribution is 2.22. The molecule has 1 heterocycles. The molecule has 0 aliphatic carbocycles. The molecule has 1 aromatic carbocycles. The van der Waals surface area contributed by atoms with E-state index in [2.05, 4.69) is 10.4 Å². The van der Waals surface area contributed by atoms with Crippen LogP contribution in [0.15, 0.2) is 30.5 Å². The quantitative estimate of drug-likeness (QED) is 0.747. The van der Waals surface area contributed by atoms with Gasteiger partial charge in [0.2, 0.25) is 0 Å². The van der Waals surface area contributed by atoms with Crippen molar-refractivity contribution >= 4 is 5.91 Å². The lowest BCUT2D eigenvalue weighted by Gasteiger charge is -2.05. The Morgan fingerprint density at radius 1 is 1.39 bits per heavy atom. The summed E-state index contributed by atoms with van der Waals surface area (Å²) in [5, 5.41) is 25.4. The van der Waals surface area contributed by atoms with Crippen LogP contribution in [0.3, 0.4) is 0 Å². The molecule has 6 heteroatoms. The number of phenolic OH excluding ortho intramolecular Hbond substituents is 2. The number of carbonyl (C=O) groups is 1. The molecule has 2 aromatic rings. The van der Waals surface area contributed by atoms with Crippen LogP contribution in [0.4, 0.5) is 0 Å². The van der Waals surface area contributed by atoms with Crippen LogP contribution in [-0.4, -0.2) is 25.9 Å². The van der Waals surface area contributed by atoms with Gasteiger partial charge in [-0.3, -0.25) is 9.48 Å². The zero-order valence-electron chi connectivity index (χ0n) is 9.79. The first kappa shape index (κ1) is 12.0. The molecule has 1 amide bonds. The SMILES string of the molecule is Cn1ccc(CNC(=O)c2ccc(O)cc2O)n1. The number of carbonyl (C=O) groups excluding carboxylic acids is 1. The van der Waals surface area contributed by atoms with Gasteiger partial charge in [-0.2, -0.15) is 5.10 Å². The number of hydrogen-bond acceptors (Lipinski definition) is 4. The van der Waals surface area contributed by atoms with E-state index >= 15 is 0 Å². The van der Waals surface area contributed by atoms with E-state index in [4.69, 9.17) is 5.11 Å². The third-order valence-corrected chi connectivity index (χ3v) is 2.42. The number of nitrogens with zero attached hydrogens (tertiary/aromatic N) is 2. The van der Waals surface area contributed by atoms with E-state index in [1.807, 2.05) is 0 Å². The van der Waals surface area contributed by atoms with Gasteiger partial charge < -0.3 is 15.5 Å². The molecule has 18 heavy (non-hydrogen) atoms. The highest BCUT2D eigenvalue weighted by Gasteiger charge is 2.11. The first-order chi connectivity index (χ1) is 8.56. The molecule has 0 radical (unpaired) electrons. The summed E-state index contributed by atoms with van der Waals surface area (Å²) in [6.45, 7) is 0.278. The van der Waals surface area contributed by atoms with Crippen LogP contribution in [0.1, 0.15) is 16.1 Å². The molecule has 0 saturated heterocycles. The minimum absolute atomic E-state index is 0.0891. The predicted molar refractivity (Wildman–Crippen MR) is 64.1 cm³/mol. The van der Waals surface area contributed by atoms with Crippen LogP contribution < -0.4 is 5.32 Å². The molecule has 1 aromatic heterocycles. The van der Waals surface area contributed by atoms with Crippen molar-refractivity contribution in [1.82, 2.24) is 15.1 Å². The average Bonchev–Trinajstić information content (AvgIpc) is 2.72. The van der Waals surface area contributed by atoms with Crippen LogP contribution in [-0.2, 0) is 13.6 Å². The second-order valence-electron chi connectivity index (χ2n) is 3.86. The second-order valence-corrected chi connectivity index (χ2v) is 3.86. The normalized spacial score (nSPS) is 10.3. The van der Waals surface area contributed by atoms with Gasteiger partial charge in [0, 0.05) is 19.3 Å². The van der Waals surface area contributed by atoms with Gasteiger partial charge in [0.05, 0.1) is 17.8 Å². The molecule has 0 unspecified atom stereocenters. The summed E-state index contributed by atoms with van der Waals surface area (Å²) in [4.78, 5) is 11.8. The van der Waals surface area contributed by atoms with Gasteiger partial charge in [-0.1, -0.05) is 0 Å². The lowest BCUT2D eigenvalue weighted by molar-refractivity contribution is 0.0947. The Morgan fingerprint density at radius 3 is 2.78 bits per heavy atom. The standard InChI is InChI=1S/C12H13N3O3/c1-15-5-4-8(14-15)7-13-12(18)10-3-2-9(16)6-11(10)17/h2-6,16-17H,7H2,1H3,(H,13,18). The fourth-order valence-corrected chi connectivity index (χ4v) is 1.54. The maximum absolute atomic E-state index is 11.8. The van der Waals surface area contributed by atoms with Crippen molar-refractivity contribution in [2.75, 3.05) is 0 Å². The number of benzene rings is 1. The molecule has 2 rings (SSSR count). The van der Waals surface area contributed by atoms with Crippen LogP contribution in [0, 0.1) is 0 Å². The van der Waals surface area contributed by atoms with Crippen LogP contribution >= 0.6 is 0 Å². The van der Waals surface area contributed by atoms with Gasteiger partial charge in [-0.15, -0.1) is 0 Å². The highest BCUT2D eigenvalue weighted by molar-refractivity contribution is 5.96. The first-order valence-corrected chi connectivity index (χ1v) is 5.35. The number of aromatic nitrogens is 2. The van der Waals surface area contributed by atoms with Crippen molar-refractivity contribution in [3.8, 4) is 11.5 Å². The minimum Gasteiger partial charge on any atom is -0.508 e. The summed E-state index contributed by atoms with van der Waals surface area (Å²) in [5.41, 5.74) is 0.841. The molecule has 0 saturated carbocycles. The highest BCUT2D eigenvalue weighted by atomic mass is 16.3. The molecule has 0 spiro atoms. The zero-order chi connectivity index (χ0) is 13.1. The van der Waals surface area contributed by atoms with E-state index in [1.54, 1.807) is 24.0 Å². The molecule has 0 bridgehead atoms. The summed E-state index contributed by atoms with van der Waals surface area (Å²) in [5.74, 6) is -0.763. The maximum atomic E-state index is 11.8. The Kier molecular flexibility index (Phi) is 3.18. The Morgan fingerprint density at radius 2 is 2.17 bits per heavy atom. The maximum Gasteiger partial charge on any atom is 0.255 e. The Labute approximate surface area is 103 Å². The summed E-state index contributed by atoms with van der Waals surface area (Å²) in [7, 11) is 1.79. The number of nitrogens with one attached hydrogen (secondary N) is 1. The molecule has 0 aliphatic rings. The Bertz CT molecular complexity index is 578. The second kappa shape index (κ2) is 4.79. The largest absolute Gasteiger partial charge is 0.508 e.